The number of alkyl halides is 3. The van der Waals surface area contributed by atoms with Crippen LogP contribution in [0, 0.1) is 17.6 Å². The van der Waals surface area contributed by atoms with Crippen LogP contribution in [0.25, 0.3) is 0 Å². The van der Waals surface area contributed by atoms with E-state index in [1.165, 1.54) is 0 Å². The predicted octanol–water partition coefficient (Wildman–Crippen LogP) is 6.49. The van der Waals surface area contributed by atoms with Crippen molar-refractivity contribution in [3.8, 4) is 5.75 Å². The van der Waals surface area contributed by atoms with Gasteiger partial charge in [-0.2, -0.15) is 0 Å². The van der Waals surface area contributed by atoms with E-state index in [0.29, 0.717) is 11.5 Å². The quantitative estimate of drug-likeness (QED) is 0.436. The number of hydrogen-bond acceptors (Lipinski definition) is 1. The first-order chi connectivity index (χ1) is 11.3. The Kier molecular flexibility index (Phi) is 6.24. The molecule has 134 valence electrons. The fraction of sp³-hybridized carbons (Fsp3) is 0.556. The normalized spacial score (nSPS) is 22.1. The summed E-state index contributed by atoms with van der Waals surface area (Å²) >= 11 is 0. The molecule has 1 aliphatic carbocycles. The van der Waals surface area contributed by atoms with Gasteiger partial charge in [0.2, 0.25) is 5.75 Å². The first-order valence-electron chi connectivity index (χ1n) is 8.19. The number of benzene rings is 1. The first-order valence-corrected chi connectivity index (χ1v) is 8.19. The fourth-order valence-electron chi connectivity index (χ4n) is 3.22. The molecule has 0 bridgehead atoms. The summed E-state index contributed by atoms with van der Waals surface area (Å²) in [5, 5.41) is 0. The average molecular weight is 348 g/mol. The molecule has 0 heterocycles. The van der Waals surface area contributed by atoms with Crippen molar-refractivity contribution in [3.05, 3.63) is 41.5 Å². The molecule has 0 radical (unpaired) electrons. The molecule has 0 N–H and O–H groups in total. The molecular formula is C18H21F5O. The molecule has 1 aliphatic rings. The lowest BCUT2D eigenvalue weighted by atomic mass is 9.77. The predicted molar refractivity (Wildman–Crippen MR) is 81.8 cm³/mol. The molecule has 1 fully saturated rings. The fourth-order valence-corrected chi connectivity index (χ4v) is 3.22. The lowest BCUT2D eigenvalue weighted by molar-refractivity contribution is -0.276. The van der Waals surface area contributed by atoms with Gasteiger partial charge in [-0.15, -0.1) is 13.2 Å². The van der Waals surface area contributed by atoms with E-state index in [1.54, 1.807) is 0 Å². The lowest BCUT2D eigenvalue weighted by Crippen LogP contribution is -2.19. The van der Waals surface area contributed by atoms with Crippen LogP contribution < -0.4 is 4.74 Å². The Morgan fingerprint density at radius 1 is 1.04 bits per heavy atom. The summed E-state index contributed by atoms with van der Waals surface area (Å²) in [7, 11) is 0. The molecule has 0 spiro atoms. The minimum Gasteiger partial charge on any atom is -0.399 e. The lowest BCUT2D eigenvalue weighted by Gasteiger charge is -2.28. The van der Waals surface area contributed by atoms with Gasteiger partial charge in [0.05, 0.1) is 0 Å². The van der Waals surface area contributed by atoms with Gasteiger partial charge in [-0.25, -0.2) is 8.78 Å². The topological polar surface area (TPSA) is 9.23 Å². The van der Waals surface area contributed by atoms with Gasteiger partial charge in [0.1, 0.15) is 0 Å². The van der Waals surface area contributed by atoms with E-state index >= 15 is 0 Å². The molecule has 1 aromatic carbocycles. The van der Waals surface area contributed by atoms with Crippen molar-refractivity contribution in [1.29, 1.82) is 0 Å². The van der Waals surface area contributed by atoms with E-state index in [0.717, 1.165) is 50.7 Å². The summed E-state index contributed by atoms with van der Waals surface area (Å²) in [5.74, 6) is -3.47. The molecule has 24 heavy (non-hydrogen) atoms. The number of hydrogen-bond donors (Lipinski definition) is 0. The molecule has 0 aliphatic heterocycles. The maximum Gasteiger partial charge on any atom is 0.573 e. The van der Waals surface area contributed by atoms with Gasteiger partial charge >= 0.3 is 6.36 Å². The van der Waals surface area contributed by atoms with Gasteiger partial charge in [-0.05, 0) is 68.1 Å². The molecule has 1 aromatic rings. The largest absolute Gasteiger partial charge is 0.573 e. The summed E-state index contributed by atoms with van der Waals surface area (Å²) in [5.41, 5.74) is 0.405. The van der Waals surface area contributed by atoms with Crippen LogP contribution in [0.2, 0.25) is 0 Å². The third kappa shape index (κ3) is 5.21. The van der Waals surface area contributed by atoms with Gasteiger partial charge in [0.15, 0.2) is 11.6 Å². The van der Waals surface area contributed by atoms with Crippen molar-refractivity contribution < 1.29 is 26.7 Å². The van der Waals surface area contributed by atoms with Gasteiger partial charge in [0.25, 0.3) is 0 Å². The van der Waals surface area contributed by atoms with Crippen molar-refractivity contribution in [1.82, 2.24) is 0 Å². The van der Waals surface area contributed by atoms with Crippen LogP contribution in [0.5, 0.6) is 5.75 Å². The Morgan fingerprint density at radius 2 is 1.62 bits per heavy atom. The standard InChI is InChI=1S/C18H21F5O/c1-2-3-4-5-12-6-8-13(9-7-12)14-10-15(19)17(16(20)11-14)24-18(21,22)23/h3-4,10-13H,2,5-9H2,1H3/b4-3+. The second-order valence-electron chi connectivity index (χ2n) is 6.19. The highest BCUT2D eigenvalue weighted by molar-refractivity contribution is 5.33. The number of ether oxygens (including phenoxy) is 1. The number of rotatable bonds is 5. The van der Waals surface area contributed by atoms with Gasteiger partial charge in [-0.3, -0.25) is 0 Å². The van der Waals surface area contributed by atoms with Crippen molar-refractivity contribution in [2.75, 3.05) is 0 Å². The van der Waals surface area contributed by atoms with Gasteiger partial charge in [-0.1, -0.05) is 19.1 Å². The third-order valence-electron chi connectivity index (χ3n) is 4.43. The summed E-state index contributed by atoms with van der Waals surface area (Å²) in [4.78, 5) is 0. The Balaban J connectivity index is 2.02. The molecule has 0 amide bonds. The average Bonchev–Trinajstić information content (AvgIpc) is 2.51. The van der Waals surface area contributed by atoms with Crippen LogP contribution in [0.15, 0.2) is 24.3 Å². The van der Waals surface area contributed by atoms with E-state index in [9.17, 15) is 22.0 Å². The monoisotopic (exact) mass is 348 g/mol. The van der Waals surface area contributed by atoms with Crippen LogP contribution in [-0.4, -0.2) is 6.36 Å². The number of halogens is 5. The van der Waals surface area contributed by atoms with Crippen molar-refractivity contribution in [3.63, 3.8) is 0 Å². The molecule has 0 unspecified atom stereocenters. The molecular weight excluding hydrogens is 327 g/mol. The summed E-state index contributed by atoms with van der Waals surface area (Å²) in [6, 6.07) is 1.93. The van der Waals surface area contributed by atoms with Crippen molar-refractivity contribution in [2.45, 2.75) is 57.7 Å². The van der Waals surface area contributed by atoms with E-state index in [4.69, 9.17) is 0 Å². The Bertz CT molecular complexity index is 548. The highest BCUT2D eigenvalue weighted by Gasteiger charge is 2.34. The SMILES string of the molecule is CC/C=C/CC1CCC(c2cc(F)c(OC(F)(F)F)c(F)c2)CC1. The van der Waals surface area contributed by atoms with E-state index in [2.05, 4.69) is 23.8 Å². The molecule has 0 saturated heterocycles. The minimum absolute atomic E-state index is 0.0275. The Morgan fingerprint density at radius 3 is 2.12 bits per heavy atom. The van der Waals surface area contributed by atoms with Crippen LogP contribution in [0.1, 0.15) is 56.9 Å². The zero-order valence-corrected chi connectivity index (χ0v) is 13.5. The molecule has 2 rings (SSSR count). The maximum atomic E-state index is 13.8. The second-order valence-corrected chi connectivity index (χ2v) is 6.19. The molecule has 0 atom stereocenters. The molecule has 6 heteroatoms. The summed E-state index contributed by atoms with van der Waals surface area (Å²) in [6.45, 7) is 2.07. The van der Waals surface area contributed by atoms with Crippen LogP contribution in [-0.2, 0) is 0 Å². The summed E-state index contributed by atoms with van der Waals surface area (Å²) in [6.07, 6.45) is 4.62. The Hall–Kier alpha value is -1.59. The maximum absolute atomic E-state index is 13.8. The summed E-state index contributed by atoms with van der Waals surface area (Å²) < 4.78 is 67.5. The zero-order chi connectivity index (χ0) is 17.7. The van der Waals surface area contributed by atoms with Crippen LogP contribution in [0.4, 0.5) is 22.0 Å². The van der Waals surface area contributed by atoms with E-state index in [-0.39, 0.29) is 5.92 Å². The first kappa shape index (κ1) is 18.7. The van der Waals surface area contributed by atoms with Crippen molar-refractivity contribution in [2.24, 2.45) is 5.92 Å². The highest BCUT2D eigenvalue weighted by Crippen LogP contribution is 2.39. The molecule has 1 nitrogen and oxygen atoms in total. The highest BCUT2D eigenvalue weighted by atomic mass is 19.4. The number of allylic oxidation sites excluding steroid dienone is 2. The second kappa shape index (κ2) is 7.99. The molecule has 1 saturated carbocycles. The third-order valence-corrected chi connectivity index (χ3v) is 4.43. The van der Waals surface area contributed by atoms with Gasteiger partial charge in [0, 0.05) is 0 Å². The van der Waals surface area contributed by atoms with Gasteiger partial charge < -0.3 is 4.74 Å². The van der Waals surface area contributed by atoms with E-state index < -0.39 is 23.7 Å². The zero-order valence-electron chi connectivity index (χ0n) is 13.5. The van der Waals surface area contributed by atoms with Crippen molar-refractivity contribution >= 4 is 0 Å². The smallest absolute Gasteiger partial charge is 0.399 e. The molecule has 0 aromatic heterocycles. The van der Waals surface area contributed by atoms with E-state index in [1.807, 2.05) is 0 Å². The van der Waals surface area contributed by atoms with Crippen LogP contribution in [0.3, 0.4) is 0 Å². The minimum atomic E-state index is -5.12. The Labute approximate surface area is 138 Å². The van der Waals surface area contributed by atoms with Crippen LogP contribution >= 0.6 is 0 Å².